The molecule has 2 aromatic heterocycles. The van der Waals surface area contributed by atoms with Gasteiger partial charge in [-0.25, -0.2) is 15.1 Å². The Morgan fingerprint density at radius 1 is 1.31 bits per heavy atom. The van der Waals surface area contributed by atoms with Crippen molar-refractivity contribution in [2.45, 2.75) is 32.9 Å². The highest BCUT2D eigenvalue weighted by Crippen LogP contribution is 2.28. The van der Waals surface area contributed by atoms with Gasteiger partial charge in [0.15, 0.2) is 6.04 Å². The second kappa shape index (κ2) is 9.19. The van der Waals surface area contributed by atoms with Gasteiger partial charge in [0.2, 0.25) is 11.6 Å². The number of likely N-dealkylation sites (N-methyl/N-ethyl adjacent to an activating group) is 1. The molecule has 1 aliphatic rings. The molecule has 3 N–H and O–H groups in total. The van der Waals surface area contributed by atoms with Crippen molar-refractivity contribution in [1.29, 1.82) is 0 Å². The lowest BCUT2D eigenvalue weighted by molar-refractivity contribution is -0.122. The van der Waals surface area contributed by atoms with E-state index in [1.807, 2.05) is 26.0 Å². The third kappa shape index (κ3) is 4.54. The lowest BCUT2D eigenvalue weighted by atomic mass is 10.1. The fourth-order valence-corrected chi connectivity index (χ4v) is 2.95. The summed E-state index contributed by atoms with van der Waals surface area (Å²) in [7, 11) is 0. The fourth-order valence-electron chi connectivity index (χ4n) is 2.95. The van der Waals surface area contributed by atoms with Crippen molar-refractivity contribution in [2.24, 2.45) is 15.4 Å². The van der Waals surface area contributed by atoms with Crippen molar-refractivity contribution in [3.63, 3.8) is 0 Å². The first-order valence-electron chi connectivity index (χ1n) is 9.30. The molecule has 0 bridgehead atoms. The quantitative estimate of drug-likeness (QED) is 0.489. The van der Waals surface area contributed by atoms with Gasteiger partial charge in [-0.1, -0.05) is 19.1 Å². The van der Waals surface area contributed by atoms with Crippen molar-refractivity contribution in [3.05, 3.63) is 30.1 Å². The highest BCUT2D eigenvalue weighted by molar-refractivity contribution is 5.99. The molecule has 3 rings (SSSR count). The number of nitrogens with two attached hydrogens (primary N) is 1. The van der Waals surface area contributed by atoms with Gasteiger partial charge in [-0.05, 0) is 42.5 Å². The Balaban J connectivity index is 1.78. The lowest BCUT2D eigenvalue weighted by Gasteiger charge is -2.28. The van der Waals surface area contributed by atoms with Crippen LogP contribution in [0.1, 0.15) is 26.3 Å². The number of amides is 1. The highest BCUT2D eigenvalue weighted by atomic mass is 16.6. The van der Waals surface area contributed by atoms with Crippen molar-refractivity contribution >= 4 is 23.3 Å². The summed E-state index contributed by atoms with van der Waals surface area (Å²) in [5, 5.41) is 21.3. The Kier molecular flexibility index (Phi) is 6.44. The van der Waals surface area contributed by atoms with Crippen LogP contribution in [0.5, 0.6) is 0 Å². The van der Waals surface area contributed by atoms with E-state index in [1.165, 1.54) is 5.01 Å². The molecule has 0 spiro atoms. The number of aromatic nitrogens is 3. The lowest BCUT2D eigenvalue weighted by Crippen LogP contribution is -2.50. The van der Waals surface area contributed by atoms with E-state index in [1.54, 1.807) is 19.3 Å². The molecule has 154 valence electrons. The number of hydrogen-bond donors (Lipinski definition) is 2. The van der Waals surface area contributed by atoms with E-state index in [0.717, 1.165) is 18.7 Å². The Hall–Kier alpha value is -3.41. The zero-order valence-corrected chi connectivity index (χ0v) is 16.6. The van der Waals surface area contributed by atoms with E-state index in [9.17, 15) is 4.79 Å². The van der Waals surface area contributed by atoms with E-state index in [-0.39, 0.29) is 17.5 Å². The van der Waals surface area contributed by atoms with Gasteiger partial charge in [0.1, 0.15) is 6.04 Å². The van der Waals surface area contributed by atoms with Gasteiger partial charge in [0.25, 0.3) is 5.91 Å². The zero-order chi connectivity index (χ0) is 20.8. The minimum Gasteiger partial charge on any atom is -0.378 e. The molecular formula is C17H24N10O2. The standard InChI is InChI=1S/C17H24N10O2/c1-4-26(5-2)10-13-14(21-25-27(13)16-15(18)23-29-24-16)17(28)22-20-11(3)12-6-8-19-9-7-12/h6-9,13-14H,4-5,10H2,1-3H3,(H2,18,23)(H,22,28)/b20-11+. The van der Waals surface area contributed by atoms with Gasteiger partial charge >= 0.3 is 0 Å². The van der Waals surface area contributed by atoms with Gasteiger partial charge in [-0.2, -0.15) is 10.2 Å². The molecule has 0 aromatic carbocycles. The number of nitrogens with zero attached hydrogens (tertiary/aromatic N) is 8. The summed E-state index contributed by atoms with van der Waals surface area (Å²) < 4.78 is 4.68. The number of hydrazone groups is 1. The predicted molar refractivity (Wildman–Crippen MR) is 106 cm³/mol. The molecule has 1 amide bonds. The van der Waals surface area contributed by atoms with Gasteiger partial charge in [-0.15, -0.1) is 0 Å². The van der Waals surface area contributed by atoms with Crippen LogP contribution in [0.4, 0.5) is 11.6 Å². The predicted octanol–water partition coefficient (Wildman–Crippen LogP) is 0.853. The average Bonchev–Trinajstić information content (AvgIpc) is 3.36. The molecule has 0 saturated heterocycles. The first-order valence-corrected chi connectivity index (χ1v) is 9.30. The molecule has 0 aliphatic carbocycles. The van der Waals surface area contributed by atoms with Crippen molar-refractivity contribution in [2.75, 3.05) is 30.4 Å². The number of pyridine rings is 1. The minimum absolute atomic E-state index is 0.0844. The molecule has 29 heavy (non-hydrogen) atoms. The average molecular weight is 400 g/mol. The Morgan fingerprint density at radius 3 is 2.66 bits per heavy atom. The summed E-state index contributed by atoms with van der Waals surface area (Å²) in [6.45, 7) is 8.02. The largest absolute Gasteiger partial charge is 0.378 e. The maximum absolute atomic E-state index is 12.8. The van der Waals surface area contributed by atoms with Gasteiger partial charge in [-0.3, -0.25) is 9.78 Å². The van der Waals surface area contributed by atoms with Crippen LogP contribution < -0.4 is 16.2 Å². The molecule has 0 radical (unpaired) electrons. The summed E-state index contributed by atoms with van der Waals surface area (Å²) in [6.07, 6.45) is 3.32. The molecule has 2 atom stereocenters. The minimum atomic E-state index is -0.791. The SMILES string of the molecule is CCN(CC)CC1C(C(=O)N/N=C(\C)c2ccncc2)N=NN1c1nonc1N. The summed E-state index contributed by atoms with van der Waals surface area (Å²) in [5.74, 6) is -0.0596. The number of carbonyl (C=O) groups excluding carboxylic acids is 1. The molecule has 2 aromatic rings. The number of rotatable bonds is 8. The molecule has 0 saturated carbocycles. The van der Waals surface area contributed by atoms with Gasteiger partial charge < -0.3 is 10.6 Å². The van der Waals surface area contributed by atoms with Crippen LogP contribution in [0.2, 0.25) is 0 Å². The summed E-state index contributed by atoms with van der Waals surface area (Å²) in [6, 6.07) is 2.40. The smallest absolute Gasteiger partial charge is 0.269 e. The van der Waals surface area contributed by atoms with E-state index in [0.29, 0.717) is 12.3 Å². The van der Waals surface area contributed by atoms with Crippen LogP contribution in [0.3, 0.4) is 0 Å². The van der Waals surface area contributed by atoms with E-state index < -0.39 is 12.1 Å². The van der Waals surface area contributed by atoms with Crippen LogP contribution in [0.15, 0.2) is 44.6 Å². The molecule has 3 heterocycles. The van der Waals surface area contributed by atoms with Crippen LogP contribution in [0.25, 0.3) is 0 Å². The first-order chi connectivity index (χ1) is 14.0. The monoisotopic (exact) mass is 400 g/mol. The van der Waals surface area contributed by atoms with Crippen molar-refractivity contribution in [3.8, 4) is 0 Å². The molecule has 12 heteroatoms. The number of carbonyl (C=O) groups is 1. The van der Waals surface area contributed by atoms with Crippen LogP contribution >= 0.6 is 0 Å². The summed E-state index contributed by atoms with van der Waals surface area (Å²) in [5.41, 5.74) is 9.90. The molecular weight excluding hydrogens is 376 g/mol. The highest BCUT2D eigenvalue weighted by Gasteiger charge is 2.41. The molecule has 1 aliphatic heterocycles. The van der Waals surface area contributed by atoms with E-state index >= 15 is 0 Å². The van der Waals surface area contributed by atoms with E-state index in [4.69, 9.17) is 5.73 Å². The van der Waals surface area contributed by atoms with E-state index in [2.05, 4.69) is 45.7 Å². The van der Waals surface area contributed by atoms with Crippen molar-refractivity contribution < 1.29 is 9.42 Å². The van der Waals surface area contributed by atoms with Crippen LogP contribution in [-0.2, 0) is 4.79 Å². The number of nitrogens with one attached hydrogen (secondary N) is 1. The number of hydrogen-bond acceptors (Lipinski definition) is 11. The molecule has 0 fully saturated rings. The molecule has 2 unspecified atom stereocenters. The Bertz CT molecular complexity index is 877. The number of anilines is 2. The molecule has 12 nitrogen and oxygen atoms in total. The Labute approximate surface area is 167 Å². The van der Waals surface area contributed by atoms with Gasteiger partial charge in [0.05, 0.1) is 5.71 Å². The first kappa shape index (κ1) is 20.3. The Morgan fingerprint density at radius 2 is 2.03 bits per heavy atom. The van der Waals surface area contributed by atoms with Crippen LogP contribution in [0, 0.1) is 0 Å². The zero-order valence-electron chi connectivity index (χ0n) is 16.6. The normalized spacial score (nSPS) is 19.2. The number of nitrogen functional groups attached to an aromatic ring is 1. The van der Waals surface area contributed by atoms with Crippen LogP contribution in [-0.4, -0.2) is 63.5 Å². The maximum Gasteiger partial charge on any atom is 0.269 e. The third-order valence-electron chi connectivity index (χ3n) is 4.70. The second-order valence-corrected chi connectivity index (χ2v) is 6.43. The van der Waals surface area contributed by atoms with Gasteiger partial charge in [0, 0.05) is 24.5 Å². The summed E-state index contributed by atoms with van der Waals surface area (Å²) in [4.78, 5) is 19.0. The maximum atomic E-state index is 12.8. The van der Waals surface area contributed by atoms with Crippen molar-refractivity contribution in [1.82, 2.24) is 25.6 Å². The topological polar surface area (TPSA) is 150 Å². The second-order valence-electron chi connectivity index (χ2n) is 6.43. The summed E-state index contributed by atoms with van der Waals surface area (Å²) >= 11 is 0. The fraction of sp³-hybridized carbons (Fsp3) is 0.471. The third-order valence-corrected chi connectivity index (χ3v) is 4.70.